The number of alkyl carbamates (subject to hydrolysis) is 1. The van der Waals surface area contributed by atoms with Crippen molar-refractivity contribution in [1.82, 2.24) is 5.32 Å². The largest absolute Gasteiger partial charge is 0.466 e. The van der Waals surface area contributed by atoms with Crippen molar-refractivity contribution in [2.24, 2.45) is 0 Å². The predicted octanol–water partition coefficient (Wildman–Crippen LogP) is 3.95. The van der Waals surface area contributed by atoms with Gasteiger partial charge in [-0.05, 0) is 46.5 Å². The van der Waals surface area contributed by atoms with Gasteiger partial charge in [0.1, 0.15) is 5.60 Å². The molecule has 0 radical (unpaired) electrons. The molecule has 0 aliphatic carbocycles. The summed E-state index contributed by atoms with van der Waals surface area (Å²) in [5, 5.41) is 2.98. The van der Waals surface area contributed by atoms with Crippen LogP contribution in [0.3, 0.4) is 0 Å². The smallest absolute Gasteiger partial charge is 0.407 e. The molecule has 1 heterocycles. The van der Waals surface area contributed by atoms with Gasteiger partial charge in [0.25, 0.3) is 0 Å². The summed E-state index contributed by atoms with van der Waals surface area (Å²) in [6.07, 6.45) is 7.86. The molecule has 0 aromatic rings. The second-order valence-corrected chi connectivity index (χ2v) is 7.01. The van der Waals surface area contributed by atoms with Crippen LogP contribution >= 0.6 is 0 Å². The van der Waals surface area contributed by atoms with Crippen LogP contribution in [0, 0.1) is 0 Å². The van der Waals surface area contributed by atoms with Gasteiger partial charge in [0, 0.05) is 12.5 Å². The zero-order valence-electron chi connectivity index (χ0n) is 14.3. The Morgan fingerprint density at radius 2 is 1.73 bits per heavy atom. The minimum Gasteiger partial charge on any atom is -0.466 e. The van der Waals surface area contributed by atoms with Crippen LogP contribution in [-0.4, -0.2) is 30.3 Å². The fraction of sp³-hybridized carbons (Fsp3) is 0.882. The molecule has 1 rings (SSSR count). The van der Waals surface area contributed by atoms with Gasteiger partial charge in [0.05, 0.1) is 6.61 Å². The third kappa shape index (κ3) is 9.64. The lowest BCUT2D eigenvalue weighted by Crippen LogP contribution is -2.39. The molecule has 0 bridgehead atoms. The summed E-state index contributed by atoms with van der Waals surface area (Å²) >= 11 is 0. The van der Waals surface area contributed by atoms with Gasteiger partial charge in [-0.1, -0.05) is 25.7 Å². The Balaban J connectivity index is 2.44. The predicted molar refractivity (Wildman–Crippen MR) is 85.7 cm³/mol. The summed E-state index contributed by atoms with van der Waals surface area (Å²) in [5.74, 6) is -0.101. The second-order valence-electron chi connectivity index (χ2n) is 7.01. The van der Waals surface area contributed by atoms with Crippen molar-refractivity contribution in [3.8, 4) is 0 Å². The minimum absolute atomic E-state index is 0.101. The Morgan fingerprint density at radius 1 is 1.09 bits per heavy atom. The van der Waals surface area contributed by atoms with Crippen molar-refractivity contribution in [1.29, 1.82) is 0 Å². The van der Waals surface area contributed by atoms with E-state index in [1.807, 2.05) is 20.8 Å². The average Bonchev–Trinajstić information content (AvgIpc) is 2.40. The Labute approximate surface area is 134 Å². The van der Waals surface area contributed by atoms with Crippen LogP contribution in [0.2, 0.25) is 0 Å². The molecule has 1 aliphatic rings. The van der Waals surface area contributed by atoms with Crippen molar-refractivity contribution < 1.29 is 19.1 Å². The number of nitrogens with one attached hydrogen (secondary N) is 1. The molecule has 1 aliphatic heterocycles. The lowest BCUT2D eigenvalue weighted by atomic mass is 10.0. The van der Waals surface area contributed by atoms with Crippen LogP contribution in [0.5, 0.6) is 0 Å². The molecule has 128 valence electrons. The van der Waals surface area contributed by atoms with Gasteiger partial charge in [0.15, 0.2) is 0 Å². The van der Waals surface area contributed by atoms with Gasteiger partial charge in [-0.2, -0.15) is 0 Å². The molecule has 1 unspecified atom stereocenters. The van der Waals surface area contributed by atoms with Crippen molar-refractivity contribution in [3.63, 3.8) is 0 Å². The molecule has 0 saturated carbocycles. The summed E-state index contributed by atoms with van der Waals surface area (Å²) in [4.78, 5) is 23.4. The van der Waals surface area contributed by atoms with Gasteiger partial charge in [-0.25, -0.2) is 4.79 Å². The summed E-state index contributed by atoms with van der Waals surface area (Å²) in [6.45, 7) is 6.13. The highest BCUT2D eigenvalue weighted by molar-refractivity contribution is 5.69. The first kappa shape index (κ1) is 18.8. The van der Waals surface area contributed by atoms with Crippen molar-refractivity contribution in [2.75, 3.05) is 6.61 Å². The van der Waals surface area contributed by atoms with E-state index in [-0.39, 0.29) is 18.1 Å². The average molecular weight is 313 g/mol. The number of hydrogen-bond acceptors (Lipinski definition) is 4. The van der Waals surface area contributed by atoms with E-state index in [9.17, 15) is 9.59 Å². The highest BCUT2D eigenvalue weighted by atomic mass is 16.6. The SMILES string of the molecule is CC(C)(C)OC(=O)NC1CCCCCCOC(=O)CCCC1. The Morgan fingerprint density at radius 3 is 2.41 bits per heavy atom. The number of rotatable bonds is 1. The monoisotopic (exact) mass is 313 g/mol. The number of carbonyl (C=O) groups is 2. The van der Waals surface area contributed by atoms with Crippen LogP contribution in [0.25, 0.3) is 0 Å². The molecule has 1 atom stereocenters. The van der Waals surface area contributed by atoms with E-state index < -0.39 is 5.60 Å². The standard InChI is InChI=1S/C17H31NO4/c1-17(2,3)22-16(20)18-14-10-6-4-5-9-13-21-15(19)12-8-7-11-14/h14H,4-13H2,1-3H3,(H,18,20). The number of cyclic esters (lactones) is 1. The molecule has 1 fully saturated rings. The van der Waals surface area contributed by atoms with E-state index in [1.165, 1.54) is 0 Å². The van der Waals surface area contributed by atoms with Crippen LogP contribution in [-0.2, 0) is 14.3 Å². The van der Waals surface area contributed by atoms with Gasteiger partial charge < -0.3 is 14.8 Å². The lowest BCUT2D eigenvalue weighted by Gasteiger charge is -2.23. The van der Waals surface area contributed by atoms with E-state index in [4.69, 9.17) is 9.47 Å². The Hall–Kier alpha value is -1.26. The molecule has 1 amide bonds. The first-order valence-corrected chi connectivity index (χ1v) is 8.52. The van der Waals surface area contributed by atoms with Crippen molar-refractivity contribution in [3.05, 3.63) is 0 Å². The topological polar surface area (TPSA) is 64.6 Å². The second kappa shape index (κ2) is 9.70. The molecular weight excluding hydrogens is 282 g/mol. The highest BCUT2D eigenvalue weighted by Gasteiger charge is 2.19. The minimum atomic E-state index is -0.475. The van der Waals surface area contributed by atoms with E-state index >= 15 is 0 Å². The molecule has 22 heavy (non-hydrogen) atoms. The molecule has 5 heteroatoms. The molecule has 0 aromatic carbocycles. The summed E-state index contributed by atoms with van der Waals surface area (Å²) in [7, 11) is 0. The first-order chi connectivity index (χ1) is 10.4. The molecule has 0 aromatic heterocycles. The van der Waals surface area contributed by atoms with Crippen molar-refractivity contribution in [2.45, 2.75) is 90.2 Å². The third-order valence-corrected chi connectivity index (χ3v) is 3.61. The fourth-order valence-corrected chi connectivity index (χ4v) is 2.53. The van der Waals surface area contributed by atoms with Crippen LogP contribution < -0.4 is 5.32 Å². The van der Waals surface area contributed by atoms with E-state index in [2.05, 4.69) is 5.32 Å². The number of esters is 1. The third-order valence-electron chi connectivity index (χ3n) is 3.61. The fourth-order valence-electron chi connectivity index (χ4n) is 2.53. The van der Waals surface area contributed by atoms with Crippen LogP contribution in [0.4, 0.5) is 4.79 Å². The molecule has 1 N–H and O–H groups in total. The maximum Gasteiger partial charge on any atom is 0.407 e. The summed E-state index contributed by atoms with van der Waals surface area (Å²) in [6, 6.07) is 0.131. The Bertz CT molecular complexity index is 349. The Kier molecular flexibility index (Phi) is 8.28. The van der Waals surface area contributed by atoms with Crippen molar-refractivity contribution >= 4 is 12.1 Å². The lowest BCUT2D eigenvalue weighted by molar-refractivity contribution is -0.143. The summed E-state index contributed by atoms with van der Waals surface area (Å²) < 4.78 is 10.5. The first-order valence-electron chi connectivity index (χ1n) is 8.52. The van der Waals surface area contributed by atoms with Crippen LogP contribution in [0.15, 0.2) is 0 Å². The molecule has 5 nitrogen and oxygen atoms in total. The number of ether oxygens (including phenoxy) is 2. The van der Waals surface area contributed by atoms with Gasteiger partial charge in [-0.3, -0.25) is 4.79 Å². The molecule has 0 spiro atoms. The van der Waals surface area contributed by atoms with E-state index in [0.29, 0.717) is 13.0 Å². The zero-order chi connectivity index (χ0) is 16.4. The van der Waals surface area contributed by atoms with Crippen LogP contribution in [0.1, 0.15) is 78.6 Å². The summed E-state index contributed by atoms with van der Waals surface area (Å²) in [5.41, 5.74) is -0.475. The highest BCUT2D eigenvalue weighted by Crippen LogP contribution is 2.15. The number of amides is 1. The van der Waals surface area contributed by atoms with E-state index in [0.717, 1.165) is 51.4 Å². The van der Waals surface area contributed by atoms with Gasteiger partial charge in [-0.15, -0.1) is 0 Å². The zero-order valence-corrected chi connectivity index (χ0v) is 14.3. The maximum absolute atomic E-state index is 11.9. The van der Waals surface area contributed by atoms with Gasteiger partial charge in [0.2, 0.25) is 0 Å². The maximum atomic E-state index is 11.9. The quantitative estimate of drug-likeness (QED) is 0.745. The number of carbonyl (C=O) groups excluding carboxylic acids is 2. The molecule has 1 saturated heterocycles. The van der Waals surface area contributed by atoms with E-state index in [1.54, 1.807) is 0 Å². The number of hydrogen-bond donors (Lipinski definition) is 1. The normalized spacial score (nSPS) is 22.5. The van der Waals surface area contributed by atoms with Gasteiger partial charge >= 0.3 is 12.1 Å². The molecular formula is C17H31NO4.